The molecule has 2 aliphatic heterocycles. The van der Waals surface area contributed by atoms with E-state index in [2.05, 4.69) is 15.1 Å². The minimum Gasteiger partial charge on any atom is -0.497 e. The van der Waals surface area contributed by atoms with E-state index < -0.39 is 12.0 Å². The maximum absolute atomic E-state index is 13.8. The van der Waals surface area contributed by atoms with E-state index in [4.69, 9.17) is 21.7 Å². The molecule has 0 saturated carbocycles. The standard InChI is InChI=1S/C34H38FN5O5S/c1-3-45-33(43)24-5-11-28(12-6-24)40-32(42)30(23-31(41)36-26-9-15-29(44-2)16-10-26)39(34(40)46)18-4-17-37-19-21-38(22-20-37)27-13-7-25(35)8-14-27/h5-16,30H,3-4,17-23H2,1-2H3,(H,36,41). The third kappa shape index (κ3) is 7.80. The summed E-state index contributed by atoms with van der Waals surface area (Å²) in [6, 6.07) is 19.3. The van der Waals surface area contributed by atoms with Crippen molar-refractivity contribution < 1.29 is 28.2 Å². The number of amides is 2. The fourth-order valence-electron chi connectivity index (χ4n) is 5.69. The molecule has 10 nitrogen and oxygen atoms in total. The Morgan fingerprint density at radius 1 is 0.913 bits per heavy atom. The molecule has 0 radical (unpaired) electrons. The number of carbonyl (C=O) groups is 3. The van der Waals surface area contributed by atoms with Crippen LogP contribution < -0.4 is 19.9 Å². The molecule has 0 bridgehead atoms. The summed E-state index contributed by atoms with van der Waals surface area (Å²) in [5.41, 5.74) is 2.49. The second kappa shape index (κ2) is 15.2. The van der Waals surface area contributed by atoms with E-state index in [1.807, 2.05) is 4.90 Å². The van der Waals surface area contributed by atoms with Gasteiger partial charge in [-0.3, -0.25) is 19.4 Å². The Morgan fingerprint density at radius 3 is 2.20 bits per heavy atom. The van der Waals surface area contributed by atoms with Crippen LogP contribution in [0, 0.1) is 5.82 Å². The summed E-state index contributed by atoms with van der Waals surface area (Å²) in [4.78, 5) is 47.0. The number of hydrogen-bond acceptors (Lipinski definition) is 8. The number of thiocarbonyl (C=S) groups is 1. The SMILES string of the molecule is CCOC(=O)c1ccc(N2C(=O)C(CC(=O)Nc3ccc(OC)cc3)N(CCCN3CCN(c4ccc(F)cc4)CC3)C2=S)cc1. The largest absolute Gasteiger partial charge is 0.497 e. The number of nitrogens with one attached hydrogen (secondary N) is 1. The molecule has 2 saturated heterocycles. The number of carbonyl (C=O) groups excluding carboxylic acids is 3. The van der Waals surface area contributed by atoms with Crippen LogP contribution in [0.3, 0.4) is 0 Å². The summed E-state index contributed by atoms with van der Waals surface area (Å²) < 4.78 is 23.6. The van der Waals surface area contributed by atoms with E-state index in [-0.39, 0.29) is 30.7 Å². The Hall–Kier alpha value is -4.55. The first-order valence-corrected chi connectivity index (χ1v) is 15.8. The maximum Gasteiger partial charge on any atom is 0.338 e. The maximum atomic E-state index is 13.8. The fraction of sp³-hybridized carbons (Fsp3) is 0.353. The molecule has 1 N–H and O–H groups in total. The van der Waals surface area contributed by atoms with Gasteiger partial charge in [0.1, 0.15) is 17.6 Å². The van der Waals surface area contributed by atoms with Crippen LogP contribution in [0.2, 0.25) is 0 Å². The lowest BCUT2D eigenvalue weighted by Gasteiger charge is -2.36. The lowest BCUT2D eigenvalue weighted by molar-refractivity contribution is -0.124. The Bertz CT molecular complexity index is 1530. The van der Waals surface area contributed by atoms with Crippen LogP contribution in [0.25, 0.3) is 0 Å². The number of hydrogen-bond donors (Lipinski definition) is 1. The number of piperazine rings is 1. The molecule has 2 amide bonds. The van der Waals surface area contributed by atoms with Crippen LogP contribution in [0.5, 0.6) is 5.75 Å². The summed E-state index contributed by atoms with van der Waals surface area (Å²) in [5, 5.41) is 3.19. The molecular formula is C34H38FN5O5S. The van der Waals surface area contributed by atoms with Crippen molar-refractivity contribution in [3.63, 3.8) is 0 Å². The molecule has 2 heterocycles. The fourth-order valence-corrected chi connectivity index (χ4v) is 6.11. The smallest absolute Gasteiger partial charge is 0.338 e. The number of nitrogens with zero attached hydrogens (tertiary/aromatic N) is 4. The first kappa shape index (κ1) is 32.8. The minimum absolute atomic E-state index is 0.0846. The molecule has 0 aliphatic carbocycles. The monoisotopic (exact) mass is 647 g/mol. The molecule has 2 aliphatic rings. The predicted octanol–water partition coefficient (Wildman–Crippen LogP) is 4.55. The van der Waals surface area contributed by atoms with E-state index in [0.717, 1.165) is 44.8 Å². The normalized spacial score (nSPS) is 16.9. The first-order chi connectivity index (χ1) is 22.3. The first-order valence-electron chi connectivity index (χ1n) is 15.4. The quantitative estimate of drug-likeness (QED) is 0.225. The van der Waals surface area contributed by atoms with Gasteiger partial charge in [0.05, 0.1) is 31.4 Å². The van der Waals surface area contributed by atoms with Crippen molar-refractivity contribution >= 4 is 52.2 Å². The Morgan fingerprint density at radius 2 is 1.57 bits per heavy atom. The molecule has 0 spiro atoms. The molecule has 242 valence electrons. The van der Waals surface area contributed by atoms with Crippen LogP contribution in [0.15, 0.2) is 72.8 Å². The topological polar surface area (TPSA) is 94.7 Å². The second-order valence-corrected chi connectivity index (χ2v) is 11.4. The molecule has 5 rings (SSSR count). The zero-order valence-corrected chi connectivity index (χ0v) is 26.8. The number of esters is 1. The highest BCUT2D eigenvalue weighted by Gasteiger charge is 2.44. The van der Waals surface area contributed by atoms with Gasteiger partial charge in [-0.1, -0.05) is 0 Å². The van der Waals surface area contributed by atoms with E-state index in [1.165, 1.54) is 17.0 Å². The number of halogens is 1. The predicted molar refractivity (Wildman–Crippen MR) is 179 cm³/mol. The summed E-state index contributed by atoms with van der Waals surface area (Å²) in [6.45, 7) is 6.65. The molecular weight excluding hydrogens is 609 g/mol. The molecule has 46 heavy (non-hydrogen) atoms. The van der Waals surface area contributed by atoms with Gasteiger partial charge < -0.3 is 24.6 Å². The van der Waals surface area contributed by atoms with Gasteiger partial charge in [-0.25, -0.2) is 9.18 Å². The van der Waals surface area contributed by atoms with E-state index in [9.17, 15) is 18.8 Å². The van der Waals surface area contributed by atoms with Crippen LogP contribution in [0.1, 0.15) is 30.1 Å². The van der Waals surface area contributed by atoms with Crippen molar-refractivity contribution in [1.82, 2.24) is 9.80 Å². The Balaban J connectivity index is 1.24. The van der Waals surface area contributed by atoms with Gasteiger partial charge in [0.25, 0.3) is 5.91 Å². The highest BCUT2D eigenvalue weighted by Crippen LogP contribution is 2.28. The van der Waals surface area contributed by atoms with E-state index >= 15 is 0 Å². The zero-order valence-electron chi connectivity index (χ0n) is 26.0. The molecule has 0 aromatic heterocycles. The van der Waals surface area contributed by atoms with Crippen molar-refractivity contribution in [3.8, 4) is 5.75 Å². The summed E-state index contributed by atoms with van der Waals surface area (Å²) in [6.07, 6.45) is 0.648. The molecule has 3 aromatic carbocycles. The highest BCUT2D eigenvalue weighted by atomic mass is 32.1. The van der Waals surface area contributed by atoms with Gasteiger partial charge >= 0.3 is 5.97 Å². The van der Waals surface area contributed by atoms with Crippen molar-refractivity contribution in [3.05, 3.63) is 84.2 Å². The molecule has 1 atom stereocenters. The van der Waals surface area contributed by atoms with Gasteiger partial charge in [0, 0.05) is 44.1 Å². The number of rotatable bonds is 12. The van der Waals surface area contributed by atoms with Crippen molar-refractivity contribution in [2.75, 3.05) is 68.1 Å². The third-order valence-corrected chi connectivity index (χ3v) is 8.56. The number of benzene rings is 3. The number of anilines is 3. The summed E-state index contributed by atoms with van der Waals surface area (Å²) in [7, 11) is 1.57. The van der Waals surface area contributed by atoms with Gasteiger partial charge in [-0.15, -0.1) is 0 Å². The summed E-state index contributed by atoms with van der Waals surface area (Å²) >= 11 is 5.83. The zero-order chi connectivity index (χ0) is 32.6. The summed E-state index contributed by atoms with van der Waals surface area (Å²) in [5.74, 6) is -0.636. The average molecular weight is 648 g/mol. The number of ether oxygens (including phenoxy) is 2. The molecule has 3 aromatic rings. The van der Waals surface area contributed by atoms with Crippen LogP contribution >= 0.6 is 12.2 Å². The van der Waals surface area contributed by atoms with Crippen molar-refractivity contribution in [2.24, 2.45) is 0 Å². The molecule has 2 fully saturated rings. The molecule has 12 heteroatoms. The van der Waals surface area contributed by atoms with E-state index in [1.54, 1.807) is 74.7 Å². The number of methoxy groups -OCH3 is 1. The van der Waals surface area contributed by atoms with E-state index in [0.29, 0.717) is 34.3 Å². The average Bonchev–Trinajstić information content (AvgIpc) is 3.29. The van der Waals surface area contributed by atoms with Gasteiger partial charge in [-0.05, 0) is 105 Å². The second-order valence-electron chi connectivity index (χ2n) is 11.1. The Labute approximate surface area is 273 Å². The van der Waals surface area contributed by atoms with Crippen LogP contribution in [0.4, 0.5) is 21.5 Å². The molecule has 1 unspecified atom stereocenters. The third-order valence-electron chi connectivity index (χ3n) is 8.15. The minimum atomic E-state index is -0.786. The van der Waals surface area contributed by atoms with Gasteiger partial charge in [0.2, 0.25) is 5.91 Å². The lowest BCUT2D eigenvalue weighted by atomic mass is 10.1. The van der Waals surface area contributed by atoms with Crippen LogP contribution in [-0.2, 0) is 14.3 Å². The highest BCUT2D eigenvalue weighted by molar-refractivity contribution is 7.80. The van der Waals surface area contributed by atoms with Crippen molar-refractivity contribution in [2.45, 2.75) is 25.8 Å². The van der Waals surface area contributed by atoms with Crippen LogP contribution in [-0.4, -0.2) is 91.7 Å². The Kier molecular flexibility index (Phi) is 10.8. The van der Waals surface area contributed by atoms with Gasteiger partial charge in [0.15, 0.2) is 5.11 Å². The van der Waals surface area contributed by atoms with Crippen molar-refractivity contribution in [1.29, 1.82) is 0 Å². The van der Waals surface area contributed by atoms with Gasteiger partial charge in [-0.2, -0.15) is 0 Å². The lowest BCUT2D eigenvalue weighted by Crippen LogP contribution is -2.47.